The highest BCUT2D eigenvalue weighted by atomic mass is 32.2. The molecule has 2 rings (SSSR count). The molecule has 0 spiro atoms. The van der Waals surface area contributed by atoms with Gasteiger partial charge in [-0.1, -0.05) is 6.07 Å². The molecule has 1 aromatic rings. The summed E-state index contributed by atoms with van der Waals surface area (Å²) in [5.41, 5.74) is 0.818. The molecule has 0 radical (unpaired) electrons. The summed E-state index contributed by atoms with van der Waals surface area (Å²) in [6.07, 6.45) is -0.0616. The van der Waals surface area contributed by atoms with Gasteiger partial charge >= 0.3 is 5.97 Å². The van der Waals surface area contributed by atoms with Crippen LogP contribution >= 0.6 is 11.8 Å². The first kappa shape index (κ1) is 16.4. The van der Waals surface area contributed by atoms with Crippen molar-refractivity contribution >= 4 is 29.5 Å². The van der Waals surface area contributed by atoms with E-state index in [0.717, 1.165) is 5.75 Å². The number of nitrogens with zero attached hydrogens (tertiary/aromatic N) is 1. The van der Waals surface area contributed by atoms with E-state index in [1.165, 1.54) is 7.05 Å². The molecule has 7 heteroatoms. The molecule has 1 heterocycles. The van der Waals surface area contributed by atoms with Crippen molar-refractivity contribution in [2.24, 2.45) is 0 Å². The van der Waals surface area contributed by atoms with E-state index in [0.29, 0.717) is 23.4 Å². The van der Waals surface area contributed by atoms with Gasteiger partial charge in [-0.2, -0.15) is 11.8 Å². The second kappa shape index (κ2) is 7.31. The van der Waals surface area contributed by atoms with Crippen molar-refractivity contribution in [2.45, 2.75) is 12.5 Å². The number of carboxylic acid groups (broad SMARTS) is 1. The topological polar surface area (TPSA) is 86.7 Å². The summed E-state index contributed by atoms with van der Waals surface area (Å²) in [7, 11) is 1.53. The van der Waals surface area contributed by atoms with Gasteiger partial charge < -0.3 is 15.3 Å². The Kier molecular flexibility index (Phi) is 5.43. The molecule has 0 saturated carbocycles. The number of carbonyl (C=O) groups is 3. The van der Waals surface area contributed by atoms with Gasteiger partial charge in [0.15, 0.2) is 0 Å². The summed E-state index contributed by atoms with van der Waals surface area (Å²) in [6, 6.07) is 6.17. The molecule has 1 aliphatic heterocycles. The Morgan fingerprint density at radius 3 is 2.77 bits per heavy atom. The highest BCUT2D eigenvalue weighted by molar-refractivity contribution is 7.99. The molecule has 118 valence electrons. The second-order valence-electron chi connectivity index (χ2n) is 4.99. The van der Waals surface area contributed by atoms with Crippen molar-refractivity contribution in [1.82, 2.24) is 10.2 Å². The van der Waals surface area contributed by atoms with Crippen LogP contribution < -0.4 is 5.32 Å². The lowest BCUT2D eigenvalue weighted by Gasteiger charge is -2.34. The first-order valence-corrected chi connectivity index (χ1v) is 8.11. The number of nitrogens with one attached hydrogen (secondary N) is 1. The van der Waals surface area contributed by atoms with Crippen LogP contribution in [-0.4, -0.2) is 58.9 Å². The molecule has 1 unspecified atom stereocenters. The molecular weight excluding hydrogens is 304 g/mol. The van der Waals surface area contributed by atoms with Gasteiger partial charge in [-0.05, 0) is 18.2 Å². The molecule has 1 aliphatic rings. The van der Waals surface area contributed by atoms with Crippen LogP contribution in [0.15, 0.2) is 24.3 Å². The van der Waals surface area contributed by atoms with E-state index in [9.17, 15) is 14.4 Å². The summed E-state index contributed by atoms with van der Waals surface area (Å²) < 4.78 is 0. The average molecular weight is 322 g/mol. The number of hydrogen-bond acceptors (Lipinski definition) is 4. The van der Waals surface area contributed by atoms with Crippen LogP contribution in [-0.2, 0) is 4.79 Å². The smallest absolute Gasteiger partial charge is 0.305 e. The summed E-state index contributed by atoms with van der Waals surface area (Å²) in [4.78, 5) is 36.9. The van der Waals surface area contributed by atoms with Gasteiger partial charge in [-0.15, -0.1) is 0 Å². The van der Waals surface area contributed by atoms with Crippen LogP contribution in [0.3, 0.4) is 0 Å². The normalized spacial score (nSPS) is 17.9. The van der Waals surface area contributed by atoms with Gasteiger partial charge in [0.25, 0.3) is 11.8 Å². The summed E-state index contributed by atoms with van der Waals surface area (Å²) in [5.74, 6) is 0.0112. The van der Waals surface area contributed by atoms with E-state index in [1.807, 2.05) is 0 Å². The molecule has 0 aliphatic carbocycles. The molecule has 0 bridgehead atoms. The van der Waals surface area contributed by atoms with Gasteiger partial charge in [0.05, 0.1) is 12.5 Å². The number of aliphatic carboxylic acids is 1. The maximum atomic E-state index is 12.6. The highest BCUT2D eigenvalue weighted by Gasteiger charge is 2.29. The highest BCUT2D eigenvalue weighted by Crippen LogP contribution is 2.21. The minimum absolute atomic E-state index is 0.0616. The van der Waals surface area contributed by atoms with E-state index >= 15 is 0 Å². The van der Waals surface area contributed by atoms with Crippen molar-refractivity contribution in [1.29, 1.82) is 0 Å². The quantitative estimate of drug-likeness (QED) is 0.866. The minimum Gasteiger partial charge on any atom is -0.481 e. The lowest BCUT2D eigenvalue weighted by Crippen LogP contribution is -2.47. The fourth-order valence-corrected chi connectivity index (χ4v) is 3.46. The zero-order valence-corrected chi connectivity index (χ0v) is 13.1. The molecule has 1 saturated heterocycles. The zero-order valence-electron chi connectivity index (χ0n) is 12.2. The molecule has 1 aromatic carbocycles. The number of thioether (sulfide) groups is 1. The molecule has 2 amide bonds. The number of hydrogen-bond donors (Lipinski definition) is 2. The van der Waals surface area contributed by atoms with E-state index in [2.05, 4.69) is 5.32 Å². The van der Waals surface area contributed by atoms with Crippen molar-refractivity contribution in [2.75, 3.05) is 25.1 Å². The lowest BCUT2D eigenvalue weighted by atomic mass is 10.1. The summed E-state index contributed by atoms with van der Waals surface area (Å²) in [5, 5.41) is 11.5. The Labute approximate surface area is 132 Å². The van der Waals surface area contributed by atoms with Crippen LogP contribution in [0.1, 0.15) is 27.1 Å². The third-order valence-electron chi connectivity index (χ3n) is 3.50. The van der Waals surface area contributed by atoms with E-state index in [-0.39, 0.29) is 24.3 Å². The summed E-state index contributed by atoms with van der Waals surface area (Å²) >= 11 is 1.65. The SMILES string of the molecule is CNC(=O)c1cccc(C(=O)N2CCSCC2CC(=O)O)c1. The van der Waals surface area contributed by atoms with Gasteiger partial charge in [-0.25, -0.2) is 0 Å². The van der Waals surface area contributed by atoms with E-state index in [1.54, 1.807) is 40.9 Å². The minimum atomic E-state index is -0.913. The van der Waals surface area contributed by atoms with Crippen LogP contribution in [0.4, 0.5) is 0 Å². The van der Waals surface area contributed by atoms with Crippen LogP contribution in [0.5, 0.6) is 0 Å². The largest absolute Gasteiger partial charge is 0.481 e. The van der Waals surface area contributed by atoms with Crippen LogP contribution in [0, 0.1) is 0 Å². The van der Waals surface area contributed by atoms with E-state index < -0.39 is 5.97 Å². The Bertz CT molecular complexity index is 591. The first-order valence-electron chi connectivity index (χ1n) is 6.95. The Morgan fingerprint density at radius 1 is 1.36 bits per heavy atom. The Hall–Kier alpha value is -2.02. The van der Waals surface area contributed by atoms with Crippen molar-refractivity contribution in [3.8, 4) is 0 Å². The molecule has 22 heavy (non-hydrogen) atoms. The number of rotatable bonds is 4. The predicted molar refractivity (Wildman–Crippen MR) is 84.2 cm³/mol. The monoisotopic (exact) mass is 322 g/mol. The lowest BCUT2D eigenvalue weighted by molar-refractivity contribution is -0.138. The predicted octanol–water partition coefficient (Wildman–Crippen LogP) is 1.08. The van der Waals surface area contributed by atoms with Crippen molar-refractivity contribution in [3.63, 3.8) is 0 Å². The Balaban J connectivity index is 2.21. The van der Waals surface area contributed by atoms with Gasteiger partial charge in [0.2, 0.25) is 0 Å². The maximum Gasteiger partial charge on any atom is 0.305 e. The van der Waals surface area contributed by atoms with Gasteiger partial charge in [0.1, 0.15) is 0 Å². The molecular formula is C15H18N2O4S. The van der Waals surface area contributed by atoms with Gasteiger partial charge in [0, 0.05) is 36.2 Å². The maximum absolute atomic E-state index is 12.6. The van der Waals surface area contributed by atoms with Crippen molar-refractivity contribution in [3.05, 3.63) is 35.4 Å². The third-order valence-corrected chi connectivity index (χ3v) is 4.59. The van der Waals surface area contributed by atoms with E-state index in [4.69, 9.17) is 5.11 Å². The summed E-state index contributed by atoms with van der Waals surface area (Å²) in [6.45, 7) is 0.519. The fraction of sp³-hybridized carbons (Fsp3) is 0.400. The zero-order chi connectivity index (χ0) is 16.1. The van der Waals surface area contributed by atoms with Gasteiger partial charge in [-0.3, -0.25) is 14.4 Å². The first-order chi connectivity index (χ1) is 10.5. The standard InChI is InChI=1S/C15H18N2O4S/c1-16-14(20)10-3-2-4-11(7-10)15(21)17-5-6-22-9-12(17)8-13(18)19/h2-4,7,12H,5-6,8-9H2,1H3,(H,16,20)(H,18,19). The molecule has 1 atom stereocenters. The molecule has 2 N–H and O–H groups in total. The number of carboxylic acids is 1. The third kappa shape index (κ3) is 3.79. The van der Waals surface area contributed by atoms with Crippen LogP contribution in [0.2, 0.25) is 0 Å². The van der Waals surface area contributed by atoms with Crippen LogP contribution in [0.25, 0.3) is 0 Å². The number of carbonyl (C=O) groups excluding carboxylic acids is 2. The second-order valence-corrected chi connectivity index (χ2v) is 6.13. The average Bonchev–Trinajstić information content (AvgIpc) is 2.53. The Morgan fingerprint density at radius 2 is 2.09 bits per heavy atom. The molecule has 0 aromatic heterocycles. The van der Waals surface area contributed by atoms with Crippen molar-refractivity contribution < 1.29 is 19.5 Å². The number of amides is 2. The fourth-order valence-electron chi connectivity index (χ4n) is 2.40. The molecule has 1 fully saturated rings. The number of benzene rings is 1. The molecule has 6 nitrogen and oxygen atoms in total.